The van der Waals surface area contributed by atoms with Crippen molar-refractivity contribution in [1.29, 1.82) is 0 Å². The fourth-order valence-corrected chi connectivity index (χ4v) is 8.65. The highest BCUT2D eigenvalue weighted by Crippen LogP contribution is 2.39. The van der Waals surface area contributed by atoms with Gasteiger partial charge in [-0.15, -0.1) is 0 Å². The van der Waals surface area contributed by atoms with Crippen LogP contribution in [0.2, 0.25) is 0 Å². The van der Waals surface area contributed by atoms with E-state index in [9.17, 15) is 18.3 Å². The van der Waals surface area contributed by atoms with E-state index in [0.29, 0.717) is 13.0 Å². The third-order valence-electron chi connectivity index (χ3n) is 10.7. The number of amides is 1. The quantitative estimate of drug-likeness (QED) is 0.102. The standard InChI is InChI=1S/C48H46N4O6S/c1-33-17-23-42(24-18-33)59(55,56)51-44(26-34-9-3-2-4-10-34)47(54)49-29-36-11-7-12-38(25-36)39-13-8-14-40(27-39)48-57-41(30-52-32-50-43-15-5-6-16-45(43)52)28-46(58-48)37-21-19-35(31-53)20-22-37/h2-25,27,32,41,44,46,48,51,53H,26,28-31H2,1H3,(H,49,54)/t41-,44-,46+,48+/m1/s1. The number of para-hydroxylation sites is 2. The van der Waals surface area contributed by atoms with E-state index in [0.717, 1.165) is 55.5 Å². The summed E-state index contributed by atoms with van der Waals surface area (Å²) in [7, 11) is -3.97. The summed E-state index contributed by atoms with van der Waals surface area (Å²) in [6, 6.07) is 46.8. The van der Waals surface area contributed by atoms with Crippen LogP contribution in [0.15, 0.2) is 163 Å². The zero-order valence-corrected chi connectivity index (χ0v) is 33.5. The minimum atomic E-state index is -3.97. The van der Waals surface area contributed by atoms with Gasteiger partial charge in [0, 0.05) is 18.5 Å². The van der Waals surface area contributed by atoms with Crippen molar-refractivity contribution in [3.8, 4) is 11.1 Å². The molecular weight excluding hydrogens is 761 g/mol. The molecule has 10 nitrogen and oxygen atoms in total. The van der Waals surface area contributed by atoms with Crippen molar-refractivity contribution in [3.63, 3.8) is 0 Å². The molecule has 1 saturated heterocycles. The van der Waals surface area contributed by atoms with Gasteiger partial charge in [-0.2, -0.15) is 4.72 Å². The topological polar surface area (TPSA) is 132 Å². The maximum Gasteiger partial charge on any atom is 0.241 e. The number of hydrogen-bond acceptors (Lipinski definition) is 7. The Bertz CT molecular complexity index is 2630. The second-order valence-electron chi connectivity index (χ2n) is 15.0. The summed E-state index contributed by atoms with van der Waals surface area (Å²) < 4.78 is 44.9. The largest absolute Gasteiger partial charge is 0.392 e. The van der Waals surface area contributed by atoms with Crippen molar-refractivity contribution < 1.29 is 27.8 Å². The van der Waals surface area contributed by atoms with Crippen LogP contribution < -0.4 is 10.0 Å². The summed E-state index contributed by atoms with van der Waals surface area (Å²) in [6.07, 6.45) is 1.59. The van der Waals surface area contributed by atoms with Gasteiger partial charge in [-0.25, -0.2) is 13.4 Å². The van der Waals surface area contributed by atoms with E-state index >= 15 is 0 Å². The summed E-state index contributed by atoms with van der Waals surface area (Å²) in [6.45, 7) is 2.65. The minimum absolute atomic E-state index is 0.0287. The Morgan fingerprint density at radius 2 is 1.49 bits per heavy atom. The van der Waals surface area contributed by atoms with Gasteiger partial charge in [0.25, 0.3) is 0 Å². The number of fused-ring (bicyclic) bond motifs is 1. The van der Waals surface area contributed by atoms with Crippen LogP contribution in [0, 0.1) is 6.92 Å². The summed E-state index contributed by atoms with van der Waals surface area (Å²) >= 11 is 0. The highest BCUT2D eigenvalue weighted by Gasteiger charge is 2.33. The van der Waals surface area contributed by atoms with Gasteiger partial charge in [0.05, 0.1) is 47.6 Å². The predicted molar refractivity (Wildman–Crippen MR) is 227 cm³/mol. The highest BCUT2D eigenvalue weighted by molar-refractivity contribution is 7.89. The van der Waals surface area contributed by atoms with Crippen LogP contribution >= 0.6 is 0 Å². The summed E-state index contributed by atoms with van der Waals surface area (Å²) in [4.78, 5) is 18.4. The Morgan fingerprint density at radius 3 is 2.27 bits per heavy atom. The van der Waals surface area contributed by atoms with E-state index in [1.807, 2.05) is 129 Å². The van der Waals surface area contributed by atoms with Crippen LogP contribution in [0.5, 0.6) is 0 Å². The molecule has 1 fully saturated rings. The number of rotatable bonds is 14. The van der Waals surface area contributed by atoms with Gasteiger partial charge in [0.15, 0.2) is 6.29 Å². The van der Waals surface area contributed by atoms with E-state index in [-0.39, 0.29) is 36.7 Å². The third kappa shape index (κ3) is 9.68. The molecule has 7 aromatic rings. The van der Waals surface area contributed by atoms with Gasteiger partial charge in [-0.3, -0.25) is 4.79 Å². The molecule has 6 aromatic carbocycles. The van der Waals surface area contributed by atoms with Crippen molar-refractivity contribution in [3.05, 3.63) is 191 Å². The molecule has 1 amide bonds. The van der Waals surface area contributed by atoms with Crippen molar-refractivity contribution in [2.75, 3.05) is 0 Å². The number of aliphatic hydroxyl groups excluding tert-OH is 1. The lowest BCUT2D eigenvalue weighted by atomic mass is 9.98. The Hall–Kier alpha value is -5.95. The number of hydrogen-bond donors (Lipinski definition) is 3. The van der Waals surface area contributed by atoms with Gasteiger partial charge >= 0.3 is 0 Å². The van der Waals surface area contributed by atoms with Crippen molar-refractivity contribution in [1.82, 2.24) is 19.6 Å². The summed E-state index contributed by atoms with van der Waals surface area (Å²) in [5, 5.41) is 12.6. The number of carbonyl (C=O) groups is 1. The second kappa shape index (κ2) is 17.9. The zero-order valence-electron chi connectivity index (χ0n) is 32.6. The number of imidazole rings is 1. The number of carbonyl (C=O) groups excluding carboxylic acids is 1. The first-order valence-corrected chi connectivity index (χ1v) is 21.2. The molecule has 0 bridgehead atoms. The number of aryl methyl sites for hydroxylation is 1. The molecule has 1 aliphatic heterocycles. The number of nitrogens with zero attached hydrogens (tertiary/aromatic N) is 2. The lowest BCUT2D eigenvalue weighted by Gasteiger charge is -2.36. The number of ether oxygens (including phenoxy) is 2. The molecule has 300 valence electrons. The molecule has 1 aliphatic rings. The fraction of sp³-hybridized carbons (Fsp3) is 0.208. The average Bonchev–Trinajstić information content (AvgIpc) is 3.68. The predicted octanol–water partition coefficient (Wildman–Crippen LogP) is 7.96. The average molecular weight is 807 g/mol. The first-order valence-electron chi connectivity index (χ1n) is 19.7. The molecule has 4 atom stereocenters. The smallest absolute Gasteiger partial charge is 0.241 e. The molecule has 0 spiro atoms. The Labute approximate surface area is 344 Å². The molecule has 11 heteroatoms. The Balaban J connectivity index is 0.997. The van der Waals surface area contributed by atoms with E-state index in [2.05, 4.69) is 31.7 Å². The third-order valence-corrected chi connectivity index (χ3v) is 12.1. The number of nitrogens with one attached hydrogen (secondary N) is 2. The van der Waals surface area contributed by atoms with E-state index in [1.54, 1.807) is 24.3 Å². The molecule has 0 unspecified atom stereocenters. The minimum Gasteiger partial charge on any atom is -0.392 e. The van der Waals surface area contributed by atoms with Crippen LogP contribution in [0.25, 0.3) is 22.2 Å². The van der Waals surface area contributed by atoms with Crippen molar-refractivity contribution in [2.24, 2.45) is 0 Å². The monoisotopic (exact) mass is 806 g/mol. The van der Waals surface area contributed by atoms with Crippen molar-refractivity contribution in [2.45, 2.75) is 68.9 Å². The van der Waals surface area contributed by atoms with Gasteiger partial charge in [-0.1, -0.05) is 121 Å². The van der Waals surface area contributed by atoms with Crippen LogP contribution in [-0.2, 0) is 50.4 Å². The number of aliphatic hydroxyl groups is 1. The molecule has 1 aromatic heterocycles. The van der Waals surface area contributed by atoms with Gasteiger partial charge < -0.3 is 24.5 Å². The molecule has 8 rings (SSSR count). The molecule has 0 radical (unpaired) electrons. The summed E-state index contributed by atoms with van der Waals surface area (Å²) in [5.74, 6) is -0.428. The second-order valence-corrected chi connectivity index (χ2v) is 16.7. The van der Waals surface area contributed by atoms with E-state index in [1.165, 1.54) is 0 Å². The first kappa shape index (κ1) is 39.9. The molecule has 0 saturated carbocycles. The van der Waals surface area contributed by atoms with Crippen LogP contribution in [0.1, 0.15) is 52.2 Å². The fourth-order valence-electron chi connectivity index (χ4n) is 7.46. The summed E-state index contributed by atoms with van der Waals surface area (Å²) in [5.41, 5.74) is 9.18. The van der Waals surface area contributed by atoms with E-state index < -0.39 is 28.3 Å². The lowest BCUT2D eigenvalue weighted by molar-refractivity contribution is -0.252. The molecule has 3 N–H and O–H groups in total. The van der Waals surface area contributed by atoms with Crippen LogP contribution in [-0.4, -0.2) is 41.1 Å². The van der Waals surface area contributed by atoms with Crippen LogP contribution in [0.3, 0.4) is 0 Å². The lowest BCUT2D eigenvalue weighted by Crippen LogP contribution is -2.47. The molecule has 0 aliphatic carbocycles. The maximum absolute atomic E-state index is 13.7. The van der Waals surface area contributed by atoms with Gasteiger partial charge in [0.2, 0.25) is 15.9 Å². The van der Waals surface area contributed by atoms with E-state index in [4.69, 9.17) is 9.47 Å². The van der Waals surface area contributed by atoms with Gasteiger partial charge in [0.1, 0.15) is 6.04 Å². The first-order chi connectivity index (χ1) is 28.7. The Morgan fingerprint density at radius 1 is 0.780 bits per heavy atom. The SMILES string of the molecule is Cc1ccc(S(=O)(=O)N[C@H](Cc2ccccc2)C(=O)NCc2cccc(-c3cccc([C@H]4O[C@@H](Cn5cnc6ccccc65)C[C@@H](c5ccc(CO)cc5)O4)c3)c2)cc1. The highest BCUT2D eigenvalue weighted by atomic mass is 32.2. The Kier molecular flexibility index (Phi) is 12.1. The molecule has 59 heavy (non-hydrogen) atoms. The zero-order chi connectivity index (χ0) is 40.8. The normalized spacial score (nSPS) is 17.4. The van der Waals surface area contributed by atoms with Gasteiger partial charge in [-0.05, 0) is 83.1 Å². The molecular formula is C48H46N4O6S. The number of sulfonamides is 1. The number of aromatic nitrogens is 2. The van der Waals surface area contributed by atoms with Crippen molar-refractivity contribution >= 4 is 27.0 Å². The van der Waals surface area contributed by atoms with Crippen LogP contribution in [0.4, 0.5) is 0 Å². The number of benzene rings is 6. The molecule has 2 heterocycles. The maximum atomic E-state index is 13.7.